The maximum atomic E-state index is 12.0. The number of carboxylic acid groups (broad SMARTS) is 5. The third kappa shape index (κ3) is 33.2. The van der Waals surface area contributed by atoms with Crippen LogP contribution in [0.3, 0.4) is 0 Å². The zero-order chi connectivity index (χ0) is 103. The number of carbonyl (C=O) groups is 11. The molecule has 12 aromatic rings. The molecule has 0 saturated heterocycles. The maximum Gasteiger partial charge on any atom is 0.336 e. The fourth-order valence-corrected chi connectivity index (χ4v) is 12.5. The molecular weight excluding hydrogens is 1820 g/mol. The van der Waals surface area contributed by atoms with Crippen molar-refractivity contribution in [1.29, 1.82) is 0 Å². The van der Waals surface area contributed by atoms with E-state index in [1.807, 2.05) is 25.1 Å². The summed E-state index contributed by atoms with van der Waals surface area (Å²) >= 11 is 0. The number of phenolic OH excluding ortho intramolecular Hbond substituents is 18. The molecule has 0 unspecified atom stereocenters. The van der Waals surface area contributed by atoms with Gasteiger partial charge in [-0.05, 0) is 235 Å². The molecule has 0 atom stereocenters. The van der Waals surface area contributed by atoms with Crippen molar-refractivity contribution < 1.29 is 170 Å². The number of carboxylic acids is 5. The molecule has 0 aromatic heterocycles. The van der Waals surface area contributed by atoms with Gasteiger partial charge in [-0.1, -0.05) is 78.9 Å². The lowest BCUT2D eigenvalue weighted by Gasteiger charge is -2.11. The summed E-state index contributed by atoms with van der Waals surface area (Å²) in [5.41, 5.74) is 8.91. The molecule has 0 radical (unpaired) electrons. The Morgan fingerprint density at radius 2 is 0.576 bits per heavy atom. The number of anilines is 3. The minimum Gasteiger partial charge on any atom is -0.504 e. The first-order valence-corrected chi connectivity index (χ1v) is 41.5. The van der Waals surface area contributed by atoms with E-state index >= 15 is 0 Å². The summed E-state index contributed by atoms with van der Waals surface area (Å²) in [6, 6.07) is 50.2. The van der Waals surface area contributed by atoms with E-state index < -0.39 is 133 Å². The van der Waals surface area contributed by atoms with Gasteiger partial charge in [0, 0.05) is 67.9 Å². The van der Waals surface area contributed by atoms with Gasteiger partial charge >= 0.3 is 29.8 Å². The average Bonchev–Trinajstić information content (AvgIpc) is 0.820. The van der Waals surface area contributed by atoms with Crippen LogP contribution >= 0.6 is 0 Å². The molecule has 40 nitrogen and oxygen atoms in total. The predicted octanol–water partition coefficient (Wildman–Crippen LogP) is 11.9. The van der Waals surface area contributed by atoms with Crippen LogP contribution in [-0.4, -0.2) is 183 Å². The third-order valence-electron chi connectivity index (χ3n) is 20.2. The van der Waals surface area contributed by atoms with Gasteiger partial charge in [-0.25, -0.2) is 24.0 Å². The monoisotopic (exact) mass is 1910 g/mol. The van der Waals surface area contributed by atoms with E-state index in [1.54, 1.807) is 74.5 Å². The van der Waals surface area contributed by atoms with Crippen LogP contribution in [0.2, 0.25) is 0 Å². The van der Waals surface area contributed by atoms with Crippen molar-refractivity contribution in [3.63, 3.8) is 0 Å². The number of rotatable bonds is 30. The van der Waals surface area contributed by atoms with Gasteiger partial charge in [0.15, 0.2) is 86.2 Å². The quantitative estimate of drug-likeness (QED) is 0.0186. The van der Waals surface area contributed by atoms with Gasteiger partial charge in [-0.2, -0.15) is 0 Å². The van der Waals surface area contributed by atoms with Crippen molar-refractivity contribution in [2.75, 3.05) is 16.0 Å². The molecule has 0 saturated carbocycles. The second-order valence-corrected chi connectivity index (χ2v) is 30.6. The number of hydrogen-bond donors (Lipinski definition) is 29. The Hall–Kier alpha value is -18.8. The molecule has 0 spiro atoms. The first kappa shape index (κ1) is 107. The van der Waals surface area contributed by atoms with E-state index in [0.29, 0.717) is 44.8 Å². The predicted molar refractivity (Wildman–Crippen MR) is 498 cm³/mol. The summed E-state index contributed by atoms with van der Waals surface area (Å²) in [6.45, 7) is 5.97. The number of hydrogen-bond acceptors (Lipinski definition) is 29. The highest BCUT2D eigenvalue weighted by atomic mass is 16.4. The first-order chi connectivity index (χ1) is 65.7. The Balaban J connectivity index is 0.000000227. The van der Waals surface area contributed by atoms with Gasteiger partial charge in [0.1, 0.15) is 0 Å². The largest absolute Gasteiger partial charge is 0.504 e. The van der Waals surface area contributed by atoms with Crippen LogP contribution in [0.15, 0.2) is 206 Å². The molecule has 0 aliphatic carbocycles. The van der Waals surface area contributed by atoms with Gasteiger partial charge in [0.25, 0.3) is 0 Å². The summed E-state index contributed by atoms with van der Waals surface area (Å²) in [5.74, 6) is -16.3. The molecule has 0 aliphatic rings. The van der Waals surface area contributed by atoms with E-state index in [1.165, 1.54) is 127 Å². The van der Waals surface area contributed by atoms with E-state index in [4.69, 9.17) is 25.5 Å². The highest BCUT2D eigenvalue weighted by molar-refractivity contribution is 5.97. The Kier molecular flexibility index (Phi) is 39.1. The van der Waals surface area contributed by atoms with Crippen molar-refractivity contribution in [2.24, 2.45) is 0 Å². The third-order valence-corrected chi connectivity index (χ3v) is 20.2. The molecule has 0 aliphatic heterocycles. The fraction of sp³-hybridized carbons (Fsp3) is 0.162. The van der Waals surface area contributed by atoms with Crippen LogP contribution in [-0.2, 0) is 86.9 Å². The van der Waals surface area contributed by atoms with Crippen LogP contribution in [0.1, 0.15) is 144 Å². The Morgan fingerprint density at radius 3 is 0.964 bits per heavy atom. The van der Waals surface area contributed by atoms with Gasteiger partial charge in [-0.15, -0.1) is 0 Å². The number of phenols is 18. The molecule has 12 aromatic carbocycles. The molecular formula is C99H98N6O34. The molecule has 12 rings (SSSR count). The van der Waals surface area contributed by atoms with Gasteiger partial charge in [0.2, 0.25) is 52.7 Å². The Morgan fingerprint density at radius 1 is 0.245 bits per heavy atom. The van der Waals surface area contributed by atoms with Crippen LogP contribution in [0, 0.1) is 20.8 Å². The maximum absolute atomic E-state index is 12.0. The molecule has 728 valence electrons. The normalized spacial score (nSPS) is 10.3. The molecule has 6 amide bonds. The van der Waals surface area contributed by atoms with Crippen LogP contribution in [0.4, 0.5) is 17.1 Å². The van der Waals surface area contributed by atoms with E-state index in [2.05, 4.69) is 31.9 Å². The average molecular weight is 1920 g/mol. The van der Waals surface area contributed by atoms with Crippen molar-refractivity contribution in [3.8, 4) is 103 Å². The van der Waals surface area contributed by atoms with Gasteiger partial charge < -0.3 is 149 Å². The fourth-order valence-electron chi connectivity index (χ4n) is 12.5. The topological polar surface area (TPSA) is 725 Å². The zero-order valence-electron chi connectivity index (χ0n) is 74.1. The van der Waals surface area contributed by atoms with Crippen molar-refractivity contribution in [1.82, 2.24) is 16.0 Å². The van der Waals surface area contributed by atoms with Crippen molar-refractivity contribution in [2.45, 2.75) is 105 Å². The second kappa shape index (κ2) is 50.7. The second-order valence-electron chi connectivity index (χ2n) is 30.6. The van der Waals surface area contributed by atoms with Crippen LogP contribution in [0.25, 0.3) is 0 Å². The highest BCUT2D eigenvalue weighted by Crippen LogP contribution is 2.42. The summed E-state index contributed by atoms with van der Waals surface area (Å²) in [7, 11) is 0. The van der Waals surface area contributed by atoms with E-state index in [0.717, 1.165) is 33.5 Å². The first-order valence-electron chi connectivity index (χ1n) is 41.5. The molecule has 0 bridgehead atoms. The Bertz CT molecular complexity index is 6430. The van der Waals surface area contributed by atoms with Crippen LogP contribution < -0.4 is 31.9 Å². The lowest BCUT2D eigenvalue weighted by atomic mass is 10.1. The standard InChI is InChI=1S/3C17H17NO6.2C16H15NO6.C16H17NO4/c19-13-7-11(8-14(20)16(13)22)3-6-15(21)18-9-10-1-4-12(5-2-10)17(23)24;1-9-2-3-11(17(23)24)8-12(9)18-14(20)7-5-10-4-6-13(19)16(22)15(10)21;1-9-11(17(23)24)3-2-4-12(9)18-15(21)6-5-10-7-13(19)16(22)14(20)8-10;18-12-5-10(6-13(19)15(12)21)7-14(20)17-8-9-1-3-11(4-2-9)16(22)23;18-12-6-5-11(14(20)15(12)21)7-13(19)17-8-9-1-3-10(4-2-9)16(22)23;1-10-3-2-4-12(9-10)17-14(19)8-6-11-5-7-13(18)16(21)15(11)20/h1-2,4-5,7-8,19-20,22H,3,6,9H2,(H,18,21)(H,23,24);2-4,6,8,19,21-22H,5,7H2,1H3,(H,18,20)(H,23,24);2-4,7-8,19-20,22H,5-6H2,1H3,(H,18,21)(H,23,24);1-6,18-19,21H,7-8H2,(H,17,20)(H,22,23);1-6,18,20-21H,7-8H2,(H,17,19)(H,22,23);2-5,7,9,18,20-21H,6,8H2,1H3,(H,17,19). The summed E-state index contributed by atoms with van der Waals surface area (Å²) < 4.78 is 0. The van der Waals surface area contributed by atoms with Crippen molar-refractivity contribution in [3.05, 3.63) is 301 Å². The molecule has 0 fully saturated rings. The molecule has 29 N–H and O–H groups in total. The molecule has 139 heavy (non-hydrogen) atoms. The van der Waals surface area contributed by atoms with Gasteiger partial charge in [0.05, 0.1) is 40.7 Å². The zero-order valence-corrected chi connectivity index (χ0v) is 74.1. The molecule has 40 heteroatoms. The van der Waals surface area contributed by atoms with Crippen LogP contribution in [0.5, 0.6) is 103 Å². The van der Waals surface area contributed by atoms with Crippen molar-refractivity contribution >= 4 is 82.4 Å². The smallest absolute Gasteiger partial charge is 0.336 e. The number of benzene rings is 12. The Labute approximate surface area is 789 Å². The minimum atomic E-state index is -1.09. The minimum absolute atomic E-state index is 0.00845. The number of aromatic carboxylic acids is 5. The lowest BCUT2D eigenvalue weighted by molar-refractivity contribution is -0.121. The number of nitrogens with one attached hydrogen (secondary N) is 6. The summed E-state index contributed by atoms with van der Waals surface area (Å²) in [6.07, 6.45) is 1.01. The van der Waals surface area contributed by atoms with E-state index in [9.17, 15) is 145 Å². The number of aryl methyl sites for hydroxylation is 6. The lowest BCUT2D eigenvalue weighted by Crippen LogP contribution is -2.24. The summed E-state index contributed by atoms with van der Waals surface area (Å²) in [4.78, 5) is 126. The van der Waals surface area contributed by atoms with E-state index in [-0.39, 0.29) is 153 Å². The number of carbonyl (C=O) groups excluding carboxylic acids is 6. The highest BCUT2D eigenvalue weighted by Gasteiger charge is 2.22. The van der Waals surface area contributed by atoms with Gasteiger partial charge in [-0.3, -0.25) is 28.8 Å². The SMILES string of the molecule is Cc1c(NC(=O)CCc2cc(O)c(O)c(O)c2)cccc1C(=O)O.Cc1ccc(C(=O)O)cc1NC(=O)CCc1ccc(O)c(O)c1O.Cc1cccc(NC(=O)CCc2ccc(O)c(O)c2O)c1.O=C(CCc1cc(O)c(O)c(O)c1)NCc1ccc(C(=O)O)cc1.O=C(Cc1cc(O)c(O)c(O)c1)NCc1ccc(C(=O)O)cc1.O=C(Cc1ccc(O)c(O)c1O)NCc1ccc(C(=O)O)cc1. The summed E-state index contributed by atoms with van der Waals surface area (Å²) in [5, 5.41) is 230. The molecule has 0 heterocycles. The number of aromatic hydroxyl groups is 18. The number of amides is 6.